The number of piperidine rings is 1. The molecular weight excluding hydrogens is 132 g/mol. The van der Waals surface area contributed by atoms with Crippen LogP contribution < -0.4 is 11.1 Å². The summed E-state index contributed by atoms with van der Waals surface area (Å²) in [4.78, 5) is 10.2. The number of ether oxygens (including phenoxy) is 1. The first-order valence-electron chi connectivity index (χ1n) is 3.48. The van der Waals surface area contributed by atoms with Crippen LogP contribution in [0.2, 0.25) is 0 Å². The highest BCUT2D eigenvalue weighted by atomic mass is 16.6. The van der Waals surface area contributed by atoms with Crippen molar-refractivity contribution in [2.75, 3.05) is 6.54 Å². The van der Waals surface area contributed by atoms with Gasteiger partial charge in [0.15, 0.2) is 6.23 Å². The molecule has 1 rings (SSSR count). The zero-order chi connectivity index (χ0) is 7.40. The summed E-state index contributed by atoms with van der Waals surface area (Å²) in [5.41, 5.74) is 4.82. The molecule has 3 N–H and O–H groups in total. The van der Waals surface area contributed by atoms with Crippen molar-refractivity contribution in [2.45, 2.75) is 25.5 Å². The zero-order valence-corrected chi connectivity index (χ0v) is 5.80. The third-order valence-corrected chi connectivity index (χ3v) is 1.52. The van der Waals surface area contributed by atoms with Crippen molar-refractivity contribution >= 4 is 6.09 Å². The highest BCUT2D eigenvalue weighted by molar-refractivity contribution is 5.64. The molecule has 1 heterocycles. The van der Waals surface area contributed by atoms with Gasteiger partial charge < -0.3 is 10.5 Å². The summed E-state index contributed by atoms with van der Waals surface area (Å²) >= 11 is 0. The van der Waals surface area contributed by atoms with Crippen LogP contribution in [-0.4, -0.2) is 18.9 Å². The highest BCUT2D eigenvalue weighted by Gasteiger charge is 2.14. The number of rotatable bonds is 1. The lowest BCUT2D eigenvalue weighted by molar-refractivity contribution is 0.0683. The van der Waals surface area contributed by atoms with Crippen molar-refractivity contribution in [3.05, 3.63) is 0 Å². The Labute approximate surface area is 59.7 Å². The van der Waals surface area contributed by atoms with E-state index in [4.69, 9.17) is 10.5 Å². The summed E-state index contributed by atoms with van der Waals surface area (Å²) < 4.78 is 4.72. The lowest BCUT2D eigenvalue weighted by Crippen LogP contribution is -2.39. The SMILES string of the molecule is NC(=O)OC1CCCCN1. The fraction of sp³-hybridized carbons (Fsp3) is 0.833. The van der Waals surface area contributed by atoms with E-state index < -0.39 is 6.09 Å². The normalized spacial score (nSPS) is 25.8. The molecule has 0 saturated carbocycles. The number of carbonyl (C=O) groups is 1. The van der Waals surface area contributed by atoms with Crippen LogP contribution in [-0.2, 0) is 4.74 Å². The molecule has 1 aliphatic heterocycles. The van der Waals surface area contributed by atoms with Gasteiger partial charge in [-0.05, 0) is 25.8 Å². The predicted octanol–water partition coefficient (Wildman–Crippen LogP) is 0.181. The van der Waals surface area contributed by atoms with Crippen LogP contribution in [0.1, 0.15) is 19.3 Å². The van der Waals surface area contributed by atoms with E-state index in [2.05, 4.69) is 5.32 Å². The van der Waals surface area contributed by atoms with Gasteiger partial charge in [0.2, 0.25) is 0 Å². The summed E-state index contributed by atoms with van der Waals surface area (Å²) in [6, 6.07) is 0. The van der Waals surface area contributed by atoms with Crippen molar-refractivity contribution in [2.24, 2.45) is 5.73 Å². The van der Waals surface area contributed by atoms with Crippen LogP contribution in [0, 0.1) is 0 Å². The fourth-order valence-electron chi connectivity index (χ4n) is 1.06. The van der Waals surface area contributed by atoms with E-state index in [-0.39, 0.29) is 6.23 Å². The molecular formula is C6H12N2O2. The Morgan fingerprint density at radius 3 is 2.90 bits per heavy atom. The second-order valence-electron chi connectivity index (χ2n) is 2.38. The number of nitrogens with two attached hydrogens (primary N) is 1. The van der Waals surface area contributed by atoms with Crippen LogP contribution in [0.15, 0.2) is 0 Å². The first-order chi connectivity index (χ1) is 4.79. The molecule has 1 aliphatic rings. The maximum atomic E-state index is 10.2. The number of hydrogen-bond donors (Lipinski definition) is 2. The van der Waals surface area contributed by atoms with E-state index >= 15 is 0 Å². The Morgan fingerprint density at radius 2 is 2.40 bits per heavy atom. The van der Waals surface area contributed by atoms with Crippen molar-refractivity contribution in [3.8, 4) is 0 Å². The number of carbonyl (C=O) groups excluding carboxylic acids is 1. The van der Waals surface area contributed by atoms with Gasteiger partial charge >= 0.3 is 6.09 Å². The van der Waals surface area contributed by atoms with Gasteiger partial charge in [-0.3, -0.25) is 5.32 Å². The van der Waals surface area contributed by atoms with Crippen molar-refractivity contribution in [1.82, 2.24) is 5.32 Å². The molecule has 1 unspecified atom stereocenters. The summed E-state index contributed by atoms with van der Waals surface area (Å²) in [7, 11) is 0. The molecule has 10 heavy (non-hydrogen) atoms. The van der Waals surface area contributed by atoms with Gasteiger partial charge in [0.1, 0.15) is 0 Å². The van der Waals surface area contributed by atoms with E-state index in [1.54, 1.807) is 0 Å². The van der Waals surface area contributed by atoms with Crippen molar-refractivity contribution in [3.63, 3.8) is 0 Å². The molecule has 0 bridgehead atoms. The van der Waals surface area contributed by atoms with E-state index in [1.807, 2.05) is 0 Å². The van der Waals surface area contributed by atoms with Crippen LogP contribution in [0.3, 0.4) is 0 Å². The lowest BCUT2D eigenvalue weighted by atomic mass is 10.1. The molecule has 0 aromatic heterocycles. The minimum Gasteiger partial charge on any atom is -0.431 e. The van der Waals surface area contributed by atoms with Gasteiger partial charge in [-0.25, -0.2) is 4.79 Å². The molecule has 0 aromatic rings. The molecule has 1 saturated heterocycles. The third-order valence-electron chi connectivity index (χ3n) is 1.52. The maximum Gasteiger partial charge on any atom is 0.406 e. The monoisotopic (exact) mass is 144 g/mol. The molecule has 1 fully saturated rings. The minimum absolute atomic E-state index is 0.147. The Hall–Kier alpha value is -0.770. The smallest absolute Gasteiger partial charge is 0.406 e. The predicted molar refractivity (Wildman–Crippen MR) is 36.3 cm³/mol. The number of primary amides is 1. The number of hydrogen-bond acceptors (Lipinski definition) is 3. The molecule has 58 valence electrons. The molecule has 1 atom stereocenters. The largest absolute Gasteiger partial charge is 0.431 e. The topological polar surface area (TPSA) is 64.4 Å². The molecule has 0 aliphatic carbocycles. The van der Waals surface area contributed by atoms with Gasteiger partial charge in [0.05, 0.1) is 0 Å². The van der Waals surface area contributed by atoms with Crippen LogP contribution >= 0.6 is 0 Å². The average molecular weight is 144 g/mol. The molecule has 0 aromatic carbocycles. The van der Waals surface area contributed by atoms with Crippen molar-refractivity contribution in [1.29, 1.82) is 0 Å². The first kappa shape index (κ1) is 7.34. The Kier molecular flexibility index (Phi) is 2.50. The Morgan fingerprint density at radius 1 is 1.60 bits per heavy atom. The number of nitrogens with one attached hydrogen (secondary N) is 1. The van der Waals surface area contributed by atoms with E-state index in [0.29, 0.717) is 0 Å². The molecule has 1 amide bonds. The number of amides is 1. The van der Waals surface area contributed by atoms with E-state index in [9.17, 15) is 4.79 Å². The average Bonchev–Trinajstić information content (AvgIpc) is 1.88. The zero-order valence-electron chi connectivity index (χ0n) is 5.80. The molecule has 0 radical (unpaired) electrons. The van der Waals surface area contributed by atoms with Crippen LogP contribution in [0.4, 0.5) is 4.79 Å². The Balaban J connectivity index is 2.19. The Bertz CT molecular complexity index is 121. The maximum absolute atomic E-state index is 10.2. The minimum atomic E-state index is -0.695. The third kappa shape index (κ3) is 2.23. The van der Waals surface area contributed by atoms with E-state index in [0.717, 1.165) is 25.8 Å². The van der Waals surface area contributed by atoms with Crippen LogP contribution in [0.25, 0.3) is 0 Å². The van der Waals surface area contributed by atoms with Gasteiger partial charge in [-0.2, -0.15) is 0 Å². The van der Waals surface area contributed by atoms with Gasteiger partial charge in [-0.15, -0.1) is 0 Å². The lowest BCUT2D eigenvalue weighted by Gasteiger charge is -2.21. The van der Waals surface area contributed by atoms with Crippen LogP contribution in [0.5, 0.6) is 0 Å². The van der Waals surface area contributed by atoms with Gasteiger partial charge in [0, 0.05) is 0 Å². The summed E-state index contributed by atoms with van der Waals surface area (Å²) in [5, 5.41) is 3.03. The standard InChI is InChI=1S/C6H12N2O2/c7-6(9)10-5-3-1-2-4-8-5/h5,8H,1-4H2,(H2,7,9). The summed E-state index contributed by atoms with van der Waals surface area (Å²) in [5.74, 6) is 0. The molecule has 0 spiro atoms. The highest BCUT2D eigenvalue weighted by Crippen LogP contribution is 2.07. The summed E-state index contributed by atoms with van der Waals surface area (Å²) in [6.45, 7) is 0.915. The fourth-order valence-corrected chi connectivity index (χ4v) is 1.06. The molecule has 4 nitrogen and oxygen atoms in total. The second-order valence-corrected chi connectivity index (χ2v) is 2.38. The van der Waals surface area contributed by atoms with Gasteiger partial charge in [0.25, 0.3) is 0 Å². The van der Waals surface area contributed by atoms with Crippen molar-refractivity contribution < 1.29 is 9.53 Å². The quantitative estimate of drug-likeness (QED) is 0.551. The van der Waals surface area contributed by atoms with Gasteiger partial charge in [-0.1, -0.05) is 0 Å². The molecule has 4 heteroatoms. The first-order valence-corrected chi connectivity index (χ1v) is 3.48. The summed E-state index contributed by atoms with van der Waals surface area (Å²) in [6.07, 6.45) is 2.29. The second kappa shape index (κ2) is 3.41. The van der Waals surface area contributed by atoms with E-state index in [1.165, 1.54) is 0 Å².